The van der Waals surface area contributed by atoms with Crippen LogP contribution in [0.3, 0.4) is 0 Å². The van der Waals surface area contributed by atoms with Crippen LogP contribution in [0.25, 0.3) is 0 Å². The van der Waals surface area contributed by atoms with Gasteiger partial charge in [-0.15, -0.1) is 0 Å². The SMILES string of the molecule is CC1(C)OC2OC3C(O)CCC3(OCc3ccccc3)C2O1. The van der Waals surface area contributed by atoms with E-state index in [1.807, 2.05) is 44.2 Å². The van der Waals surface area contributed by atoms with E-state index in [2.05, 4.69) is 0 Å². The van der Waals surface area contributed by atoms with E-state index in [0.717, 1.165) is 5.56 Å². The van der Waals surface area contributed by atoms with Crippen LogP contribution in [0.15, 0.2) is 30.3 Å². The predicted octanol–water partition coefficient (Wildman–Crippen LogP) is 1.97. The van der Waals surface area contributed by atoms with Crippen molar-refractivity contribution in [2.75, 3.05) is 0 Å². The van der Waals surface area contributed by atoms with E-state index in [4.69, 9.17) is 18.9 Å². The van der Waals surface area contributed by atoms with E-state index in [9.17, 15) is 5.11 Å². The molecule has 5 unspecified atom stereocenters. The number of aliphatic hydroxyl groups is 1. The van der Waals surface area contributed by atoms with Crippen molar-refractivity contribution in [1.29, 1.82) is 0 Å². The molecule has 1 saturated carbocycles. The molecule has 2 aliphatic heterocycles. The molecule has 0 bridgehead atoms. The van der Waals surface area contributed by atoms with Crippen LogP contribution in [-0.2, 0) is 25.6 Å². The Bertz CT molecular complexity index is 545. The topological polar surface area (TPSA) is 57.2 Å². The first-order valence-corrected chi connectivity index (χ1v) is 7.87. The van der Waals surface area contributed by atoms with Gasteiger partial charge in [-0.3, -0.25) is 0 Å². The smallest absolute Gasteiger partial charge is 0.190 e. The molecule has 0 aromatic heterocycles. The van der Waals surface area contributed by atoms with Gasteiger partial charge in [-0.05, 0) is 32.3 Å². The van der Waals surface area contributed by atoms with Crippen LogP contribution in [0, 0.1) is 0 Å². The molecular weight excluding hydrogens is 284 g/mol. The minimum Gasteiger partial charge on any atom is -0.390 e. The summed E-state index contributed by atoms with van der Waals surface area (Å²) in [5.74, 6) is -0.684. The zero-order valence-corrected chi connectivity index (χ0v) is 12.9. The van der Waals surface area contributed by atoms with Gasteiger partial charge in [0.25, 0.3) is 0 Å². The lowest BCUT2D eigenvalue weighted by Crippen LogP contribution is -2.49. The number of fused-ring (bicyclic) bond motifs is 3. The molecule has 3 fully saturated rings. The van der Waals surface area contributed by atoms with Crippen molar-refractivity contribution < 1.29 is 24.1 Å². The summed E-state index contributed by atoms with van der Waals surface area (Å²) in [7, 11) is 0. The van der Waals surface area contributed by atoms with E-state index < -0.39 is 23.8 Å². The fourth-order valence-corrected chi connectivity index (χ4v) is 3.84. The van der Waals surface area contributed by atoms with Crippen LogP contribution < -0.4 is 0 Å². The van der Waals surface area contributed by atoms with Gasteiger partial charge in [0.05, 0.1) is 12.7 Å². The molecule has 2 saturated heterocycles. The van der Waals surface area contributed by atoms with Crippen molar-refractivity contribution in [2.24, 2.45) is 0 Å². The average Bonchev–Trinajstić information content (AvgIpc) is 3.06. The van der Waals surface area contributed by atoms with E-state index >= 15 is 0 Å². The molecule has 5 nitrogen and oxygen atoms in total. The maximum absolute atomic E-state index is 10.2. The maximum atomic E-state index is 10.2. The lowest BCUT2D eigenvalue weighted by atomic mass is 9.94. The van der Waals surface area contributed by atoms with Crippen molar-refractivity contribution in [2.45, 2.75) is 69.3 Å². The molecule has 1 aliphatic carbocycles. The first-order valence-electron chi connectivity index (χ1n) is 7.87. The summed E-state index contributed by atoms with van der Waals surface area (Å²) in [5.41, 5.74) is 0.465. The summed E-state index contributed by atoms with van der Waals surface area (Å²) in [6, 6.07) is 10.0. The standard InChI is InChI=1S/C17H22O5/c1-16(2)21-14-15(22-16)20-13-12(18)8-9-17(13,14)19-10-11-6-4-3-5-7-11/h3-7,12-15,18H,8-10H2,1-2H3. The molecule has 1 aromatic rings. The molecule has 5 heteroatoms. The Morgan fingerprint density at radius 2 is 1.95 bits per heavy atom. The van der Waals surface area contributed by atoms with Gasteiger partial charge in [-0.2, -0.15) is 0 Å². The highest BCUT2D eigenvalue weighted by Crippen LogP contribution is 2.52. The maximum Gasteiger partial charge on any atom is 0.190 e. The molecule has 1 aromatic carbocycles. The monoisotopic (exact) mass is 306 g/mol. The molecule has 0 amide bonds. The number of rotatable bonds is 3. The zero-order chi connectivity index (χ0) is 15.4. The Morgan fingerprint density at radius 1 is 1.18 bits per heavy atom. The highest BCUT2D eigenvalue weighted by atomic mass is 16.8. The first-order chi connectivity index (χ1) is 10.5. The third-order valence-electron chi connectivity index (χ3n) is 4.83. The van der Waals surface area contributed by atoms with E-state index in [0.29, 0.717) is 19.4 Å². The summed E-state index contributed by atoms with van der Waals surface area (Å²) >= 11 is 0. The predicted molar refractivity (Wildman–Crippen MR) is 77.9 cm³/mol. The van der Waals surface area contributed by atoms with Crippen LogP contribution in [0.4, 0.5) is 0 Å². The third-order valence-corrected chi connectivity index (χ3v) is 4.83. The Kier molecular flexibility index (Phi) is 3.33. The fourth-order valence-electron chi connectivity index (χ4n) is 3.84. The van der Waals surface area contributed by atoms with E-state index in [1.54, 1.807) is 0 Å². The Hall–Kier alpha value is -0.980. The molecule has 120 valence electrons. The summed E-state index contributed by atoms with van der Waals surface area (Å²) in [4.78, 5) is 0. The molecule has 0 spiro atoms. The van der Waals surface area contributed by atoms with Gasteiger partial charge in [0.1, 0.15) is 17.8 Å². The molecular formula is C17H22O5. The Morgan fingerprint density at radius 3 is 2.73 bits per heavy atom. The highest BCUT2D eigenvalue weighted by Gasteiger charge is 2.68. The summed E-state index contributed by atoms with van der Waals surface area (Å²) in [6.45, 7) is 4.22. The van der Waals surface area contributed by atoms with Crippen molar-refractivity contribution in [3.63, 3.8) is 0 Å². The largest absolute Gasteiger partial charge is 0.390 e. The van der Waals surface area contributed by atoms with Gasteiger partial charge in [0.2, 0.25) is 0 Å². The van der Waals surface area contributed by atoms with Crippen LogP contribution >= 0.6 is 0 Å². The molecule has 4 rings (SSSR count). The quantitative estimate of drug-likeness (QED) is 0.925. The van der Waals surface area contributed by atoms with Crippen LogP contribution in [0.1, 0.15) is 32.3 Å². The second-order valence-electron chi connectivity index (χ2n) is 6.82. The summed E-state index contributed by atoms with van der Waals surface area (Å²) in [5, 5.41) is 10.2. The van der Waals surface area contributed by atoms with Gasteiger partial charge in [-0.1, -0.05) is 30.3 Å². The minimum atomic E-state index is -0.684. The second-order valence-corrected chi connectivity index (χ2v) is 6.82. The van der Waals surface area contributed by atoms with E-state index in [-0.39, 0.29) is 12.2 Å². The first kappa shape index (κ1) is 14.6. The number of hydrogen-bond donors (Lipinski definition) is 1. The molecule has 1 N–H and O–H groups in total. The van der Waals surface area contributed by atoms with Crippen LogP contribution in [-0.4, -0.2) is 41.1 Å². The van der Waals surface area contributed by atoms with Gasteiger partial charge >= 0.3 is 0 Å². The summed E-state index contributed by atoms with van der Waals surface area (Å²) < 4.78 is 24.1. The fraction of sp³-hybridized carbons (Fsp3) is 0.647. The van der Waals surface area contributed by atoms with Crippen molar-refractivity contribution in [3.8, 4) is 0 Å². The van der Waals surface area contributed by atoms with Crippen molar-refractivity contribution >= 4 is 0 Å². The van der Waals surface area contributed by atoms with Gasteiger partial charge in [0.15, 0.2) is 12.1 Å². The van der Waals surface area contributed by atoms with Crippen LogP contribution in [0.5, 0.6) is 0 Å². The Labute approximate surface area is 130 Å². The normalized spacial score (nSPS) is 42.3. The minimum absolute atomic E-state index is 0.298. The molecule has 2 heterocycles. The van der Waals surface area contributed by atoms with Gasteiger partial charge < -0.3 is 24.1 Å². The molecule has 5 atom stereocenters. The summed E-state index contributed by atoms with van der Waals surface area (Å²) in [6.07, 6.45) is -0.309. The molecule has 22 heavy (non-hydrogen) atoms. The number of aliphatic hydroxyl groups excluding tert-OH is 1. The van der Waals surface area contributed by atoms with Crippen molar-refractivity contribution in [3.05, 3.63) is 35.9 Å². The zero-order valence-electron chi connectivity index (χ0n) is 12.9. The second kappa shape index (κ2) is 5.01. The number of hydrogen-bond acceptors (Lipinski definition) is 5. The Balaban J connectivity index is 1.58. The molecule has 0 radical (unpaired) electrons. The third kappa shape index (κ3) is 2.20. The van der Waals surface area contributed by atoms with Crippen LogP contribution in [0.2, 0.25) is 0 Å². The van der Waals surface area contributed by atoms with Gasteiger partial charge in [-0.25, -0.2) is 0 Å². The van der Waals surface area contributed by atoms with Crippen molar-refractivity contribution in [1.82, 2.24) is 0 Å². The lowest BCUT2D eigenvalue weighted by Gasteiger charge is -2.34. The lowest BCUT2D eigenvalue weighted by molar-refractivity contribution is -0.240. The van der Waals surface area contributed by atoms with E-state index in [1.165, 1.54) is 0 Å². The molecule has 3 aliphatic rings. The number of benzene rings is 1. The average molecular weight is 306 g/mol. The van der Waals surface area contributed by atoms with Gasteiger partial charge in [0, 0.05) is 0 Å². The highest BCUT2D eigenvalue weighted by molar-refractivity contribution is 5.16. The number of ether oxygens (including phenoxy) is 4.